The Morgan fingerprint density at radius 2 is 1.32 bits per heavy atom. The second kappa shape index (κ2) is 26.1. The zero-order valence-corrected chi connectivity index (χ0v) is 47.8. The Hall–Kier alpha value is -4.30. The van der Waals surface area contributed by atoms with E-state index in [1.165, 1.54) is 61.0 Å². The number of phenols is 2. The molecule has 26 heteroatoms. The number of carbonyl (C=O) groups is 4. The van der Waals surface area contributed by atoms with Gasteiger partial charge in [-0.1, -0.05) is 0 Å². The molecule has 0 bridgehead atoms. The van der Waals surface area contributed by atoms with Crippen molar-refractivity contribution in [2.45, 2.75) is 242 Å². The zero-order chi connectivity index (χ0) is 60.0. The summed E-state index contributed by atoms with van der Waals surface area (Å²) in [4.78, 5) is 53.0. The smallest absolute Gasteiger partial charge is 0.303 e. The lowest BCUT2D eigenvalue weighted by atomic mass is 9.75. The number of carbonyl (C=O) groups excluding carboxylic acids is 4. The molecule has 5 fully saturated rings. The first-order chi connectivity index (χ1) is 38.6. The fourth-order valence-electron chi connectivity index (χ4n) is 12.2. The first-order valence-electron chi connectivity index (χ1n) is 27.7. The average molecular weight is 1170 g/mol. The number of benzene rings is 2. The van der Waals surface area contributed by atoms with Crippen LogP contribution in [-0.2, 0) is 82.4 Å². The molecule has 2 aromatic carbocycles. The van der Waals surface area contributed by atoms with Gasteiger partial charge in [0, 0.05) is 71.7 Å². The summed E-state index contributed by atoms with van der Waals surface area (Å²) in [5.41, 5.74) is -1.50. The molecule has 24 atom stereocenters. The molecule has 24 unspecified atom stereocenters. The van der Waals surface area contributed by atoms with Crippen LogP contribution in [-0.4, -0.2) is 226 Å². The molecule has 2 aromatic rings. The Bertz CT molecular complexity index is 2580. The average Bonchev–Trinajstić information content (AvgIpc) is 3.55. The van der Waals surface area contributed by atoms with Crippen LogP contribution in [0, 0.1) is 12.8 Å². The molecule has 6 aliphatic rings. The number of methoxy groups -OCH3 is 2. The molecule has 0 saturated carbocycles. The van der Waals surface area contributed by atoms with Crippen LogP contribution in [0.3, 0.4) is 0 Å². The first-order valence-corrected chi connectivity index (χ1v) is 27.7. The van der Waals surface area contributed by atoms with Crippen molar-refractivity contribution < 1.29 is 126 Å². The fourth-order valence-corrected chi connectivity index (χ4v) is 12.2. The summed E-state index contributed by atoms with van der Waals surface area (Å²) in [6.45, 7) is 12.9. The second-order valence-electron chi connectivity index (χ2n) is 22.7. The maximum absolute atomic E-state index is 15.1. The highest BCUT2D eigenvalue weighted by Gasteiger charge is 2.52. The fraction of sp³-hybridized carbons (Fsp3) is 0.750. The third-order valence-corrected chi connectivity index (χ3v) is 16.3. The van der Waals surface area contributed by atoms with Gasteiger partial charge >= 0.3 is 11.9 Å². The van der Waals surface area contributed by atoms with E-state index in [2.05, 4.69) is 0 Å². The number of aliphatic hydroxyl groups is 6. The van der Waals surface area contributed by atoms with E-state index in [0.29, 0.717) is 0 Å². The van der Waals surface area contributed by atoms with Gasteiger partial charge in [0.2, 0.25) is 6.29 Å². The van der Waals surface area contributed by atoms with E-state index in [-0.39, 0.29) is 78.3 Å². The molecule has 5 heterocycles. The lowest BCUT2D eigenvalue weighted by Crippen LogP contribution is -2.59. The van der Waals surface area contributed by atoms with Gasteiger partial charge in [0.05, 0.1) is 66.4 Å². The lowest BCUT2D eigenvalue weighted by Gasteiger charge is -2.46. The van der Waals surface area contributed by atoms with Gasteiger partial charge < -0.3 is 107 Å². The monoisotopic (exact) mass is 1170 g/mol. The summed E-state index contributed by atoms with van der Waals surface area (Å²) in [6.07, 6.45) is -24.7. The molecule has 460 valence electrons. The topological polar surface area (TPSA) is 359 Å². The van der Waals surface area contributed by atoms with Crippen molar-refractivity contribution in [3.63, 3.8) is 0 Å². The van der Waals surface area contributed by atoms with E-state index in [1.54, 1.807) is 27.7 Å². The summed E-state index contributed by atoms with van der Waals surface area (Å²) >= 11 is 0. The van der Waals surface area contributed by atoms with E-state index in [0.717, 1.165) is 0 Å². The molecule has 82 heavy (non-hydrogen) atoms. The van der Waals surface area contributed by atoms with Crippen LogP contribution in [0.1, 0.15) is 109 Å². The highest BCUT2D eigenvalue weighted by Crippen LogP contribution is 2.48. The summed E-state index contributed by atoms with van der Waals surface area (Å²) in [6, 6.07) is 3.04. The number of ether oxygens (including phenoxy) is 14. The Morgan fingerprint density at radius 1 is 0.720 bits per heavy atom. The molecule has 5 saturated heterocycles. The second-order valence-corrected chi connectivity index (χ2v) is 22.7. The molecule has 0 amide bonds. The summed E-state index contributed by atoms with van der Waals surface area (Å²) in [5.74, 6) is -5.31. The molecular weight excluding hydrogens is 1090 g/mol. The van der Waals surface area contributed by atoms with E-state index >= 15 is 4.79 Å². The van der Waals surface area contributed by atoms with Crippen molar-refractivity contribution in [1.82, 2.24) is 0 Å². The number of aromatic hydroxyl groups is 2. The Kier molecular flexibility index (Phi) is 20.3. The predicted molar refractivity (Wildman–Crippen MR) is 278 cm³/mol. The highest BCUT2D eigenvalue weighted by molar-refractivity contribution is 6.11. The minimum absolute atomic E-state index is 0.0239. The number of fused-ring (bicyclic) bond motifs is 2. The maximum atomic E-state index is 15.1. The summed E-state index contributed by atoms with van der Waals surface area (Å²) in [5, 5.41) is 89.6. The van der Waals surface area contributed by atoms with Crippen molar-refractivity contribution in [3.8, 4) is 17.2 Å². The van der Waals surface area contributed by atoms with Crippen LogP contribution < -0.4 is 4.74 Å². The third kappa shape index (κ3) is 13.7. The number of rotatable bonds is 18. The SMILES string of the molecule is COC(C(=O)C(O)C(C)O)C1Cc2cc3cc(OC4CC(OC5CC(O)C(OC)C(C)O5)C(OC(C)=O)C(C)O4)c(C)c(O)c3c(O)c2C(=O)C1OC1CC(OC2CC(OC3CC(C)(O)C(OC(C)=O)C(C)O3)C(O)C(C)O2)C(O)CO1. The van der Waals surface area contributed by atoms with Gasteiger partial charge in [-0.25, -0.2) is 0 Å². The number of esters is 2. The van der Waals surface area contributed by atoms with Gasteiger partial charge in [0.15, 0.2) is 48.9 Å². The molecule has 8 N–H and O–H groups in total. The van der Waals surface area contributed by atoms with Gasteiger partial charge in [-0.15, -0.1) is 0 Å². The number of aliphatic hydroxyl groups excluding tert-OH is 5. The van der Waals surface area contributed by atoms with Crippen LogP contribution in [0.2, 0.25) is 0 Å². The normalized spacial score (nSPS) is 39.2. The standard InChI is InChI=1S/C56H80O26/c1-21-34(78-41-18-37(52(25(5)74-41)76-27(7)58)81-39-15-32(60)51(69-10)24(4)73-39)14-30-12-29-13-31(53(70-11)50(67)46(63)22(2)57)54(49(66)44(29)48(65)43(30)45(21)62)82-38-16-35(33(61)20-71-38)79-40-17-36(47(64)23(3)72-40)80-42-19-56(9,68)55(26(6)75-42)77-28(8)59/h12,14,22-26,31-33,35-42,46-47,51-55,57,60-65,68H,13,15-20H2,1-11H3. The molecule has 1 aliphatic carbocycles. The molecule has 0 spiro atoms. The number of Topliss-reactive ketones (excluding diaryl/α,β-unsaturated/α-hetero) is 2. The van der Waals surface area contributed by atoms with E-state index in [1.807, 2.05) is 0 Å². The Morgan fingerprint density at radius 3 is 1.95 bits per heavy atom. The van der Waals surface area contributed by atoms with Crippen LogP contribution in [0.5, 0.6) is 17.2 Å². The van der Waals surface area contributed by atoms with Crippen molar-refractivity contribution in [2.75, 3.05) is 20.8 Å². The zero-order valence-electron chi connectivity index (χ0n) is 47.8. The number of phenolic OH excluding ortho intramolecular Hbond substituents is 2. The molecule has 0 aromatic heterocycles. The van der Waals surface area contributed by atoms with E-state index in [4.69, 9.17) is 66.3 Å². The molecule has 8 rings (SSSR count). The van der Waals surface area contributed by atoms with Crippen LogP contribution in [0.4, 0.5) is 0 Å². The van der Waals surface area contributed by atoms with Gasteiger partial charge in [-0.2, -0.15) is 0 Å². The van der Waals surface area contributed by atoms with Crippen molar-refractivity contribution in [3.05, 3.63) is 28.8 Å². The van der Waals surface area contributed by atoms with Crippen molar-refractivity contribution >= 4 is 34.3 Å². The van der Waals surface area contributed by atoms with Gasteiger partial charge in [0.1, 0.15) is 65.6 Å². The van der Waals surface area contributed by atoms with Crippen molar-refractivity contribution in [2.24, 2.45) is 5.92 Å². The predicted octanol–water partition coefficient (Wildman–Crippen LogP) is 1.16. The maximum Gasteiger partial charge on any atom is 0.303 e. The van der Waals surface area contributed by atoms with Crippen LogP contribution in [0.15, 0.2) is 12.1 Å². The third-order valence-electron chi connectivity index (χ3n) is 16.3. The Balaban J connectivity index is 1.03. The van der Waals surface area contributed by atoms with E-state index in [9.17, 15) is 55.2 Å². The van der Waals surface area contributed by atoms with Crippen LogP contribution in [0.25, 0.3) is 10.8 Å². The first kappa shape index (κ1) is 63.7. The number of hydrogen-bond acceptors (Lipinski definition) is 26. The van der Waals surface area contributed by atoms with Gasteiger partial charge in [-0.3, -0.25) is 19.2 Å². The minimum atomic E-state index is -1.96. The van der Waals surface area contributed by atoms with Gasteiger partial charge in [-0.05, 0) is 78.0 Å². The van der Waals surface area contributed by atoms with Gasteiger partial charge in [0.25, 0.3) is 0 Å². The summed E-state index contributed by atoms with van der Waals surface area (Å²) < 4.78 is 83.7. The minimum Gasteiger partial charge on any atom is -0.507 e. The van der Waals surface area contributed by atoms with Crippen molar-refractivity contribution in [1.29, 1.82) is 0 Å². The molecular formula is C56H80O26. The highest BCUT2D eigenvalue weighted by atomic mass is 16.7. The molecule has 5 aliphatic heterocycles. The molecule has 26 nitrogen and oxygen atoms in total. The van der Waals surface area contributed by atoms with E-state index < -0.39 is 182 Å². The van der Waals surface area contributed by atoms with Crippen LogP contribution >= 0.6 is 0 Å². The Labute approximate surface area is 473 Å². The quantitative estimate of drug-likeness (QED) is 0.0971. The number of ketones is 2. The molecule has 0 radical (unpaired) electrons. The summed E-state index contributed by atoms with van der Waals surface area (Å²) in [7, 11) is 2.64. The largest absolute Gasteiger partial charge is 0.507 e. The number of hydrogen-bond donors (Lipinski definition) is 8. The lowest BCUT2D eigenvalue weighted by molar-refractivity contribution is -0.330.